The summed E-state index contributed by atoms with van der Waals surface area (Å²) in [7, 11) is 0. The van der Waals surface area contributed by atoms with Crippen molar-refractivity contribution in [1.29, 1.82) is 0 Å². The molecule has 0 bridgehead atoms. The van der Waals surface area contributed by atoms with Gasteiger partial charge in [0, 0.05) is 38.1 Å². The molecule has 1 saturated heterocycles. The minimum atomic E-state index is -4.17. The number of alkyl halides is 3. The molecular formula is C16H31F3IN5O. The summed E-state index contributed by atoms with van der Waals surface area (Å²) in [6.07, 6.45) is -2.38. The Hall–Kier alpha value is -0.780. The first-order chi connectivity index (χ1) is 11.7. The van der Waals surface area contributed by atoms with Crippen LogP contribution in [0.3, 0.4) is 0 Å². The average molecular weight is 493 g/mol. The SMILES string of the molecule is CCNC(=NCCC(=O)NC(C)CC)NC1CCN(CC(F)(F)F)C1.I. The molecule has 1 fully saturated rings. The molecule has 10 heteroatoms. The van der Waals surface area contributed by atoms with Crippen LogP contribution >= 0.6 is 24.0 Å². The van der Waals surface area contributed by atoms with Crippen LogP contribution in [-0.2, 0) is 4.79 Å². The number of carbonyl (C=O) groups is 1. The van der Waals surface area contributed by atoms with E-state index in [0.717, 1.165) is 6.42 Å². The number of nitrogens with one attached hydrogen (secondary N) is 3. The number of aliphatic imine (C=N–C) groups is 1. The Balaban J connectivity index is 0.00000625. The highest BCUT2D eigenvalue weighted by Gasteiger charge is 2.34. The molecular weight excluding hydrogens is 462 g/mol. The number of amides is 1. The van der Waals surface area contributed by atoms with E-state index in [4.69, 9.17) is 0 Å². The zero-order valence-corrected chi connectivity index (χ0v) is 18.0. The third kappa shape index (κ3) is 11.0. The quantitative estimate of drug-likeness (QED) is 0.275. The molecule has 3 N–H and O–H groups in total. The molecule has 6 nitrogen and oxygen atoms in total. The zero-order valence-electron chi connectivity index (χ0n) is 15.7. The number of nitrogens with zero attached hydrogens (tertiary/aromatic N) is 2. The zero-order chi connectivity index (χ0) is 18.9. The lowest BCUT2D eigenvalue weighted by Crippen LogP contribution is -2.45. The maximum Gasteiger partial charge on any atom is 0.401 e. The molecule has 1 rings (SSSR count). The van der Waals surface area contributed by atoms with Crippen molar-refractivity contribution in [2.45, 2.75) is 58.3 Å². The standard InChI is InChI=1S/C16H30F3N5O.HI/c1-4-12(3)22-14(25)6-8-21-15(20-5-2)23-13-7-9-24(10-13)11-16(17,18)19;/h12-13H,4-11H2,1-3H3,(H,22,25)(H2,20,21,23);1H. The Labute approximate surface area is 170 Å². The first-order valence-corrected chi connectivity index (χ1v) is 8.86. The summed E-state index contributed by atoms with van der Waals surface area (Å²) in [5, 5.41) is 9.09. The maximum absolute atomic E-state index is 12.4. The van der Waals surface area contributed by atoms with Crippen LogP contribution in [0.4, 0.5) is 13.2 Å². The molecule has 0 spiro atoms. The van der Waals surface area contributed by atoms with E-state index in [2.05, 4.69) is 20.9 Å². The predicted molar refractivity (Wildman–Crippen MR) is 108 cm³/mol. The average Bonchev–Trinajstić information content (AvgIpc) is 2.92. The van der Waals surface area contributed by atoms with Crippen molar-refractivity contribution in [3.05, 3.63) is 0 Å². The number of likely N-dealkylation sites (tertiary alicyclic amines) is 1. The first-order valence-electron chi connectivity index (χ1n) is 8.86. The molecule has 0 radical (unpaired) electrons. The molecule has 154 valence electrons. The van der Waals surface area contributed by atoms with E-state index in [1.165, 1.54) is 4.90 Å². The molecule has 2 unspecified atom stereocenters. The van der Waals surface area contributed by atoms with Crippen LogP contribution in [0.2, 0.25) is 0 Å². The van der Waals surface area contributed by atoms with E-state index in [0.29, 0.717) is 38.6 Å². The van der Waals surface area contributed by atoms with Crippen molar-refractivity contribution in [1.82, 2.24) is 20.9 Å². The van der Waals surface area contributed by atoms with Crippen LogP contribution in [0.25, 0.3) is 0 Å². The summed E-state index contributed by atoms with van der Waals surface area (Å²) in [4.78, 5) is 17.5. The van der Waals surface area contributed by atoms with E-state index < -0.39 is 12.7 Å². The number of guanidine groups is 1. The Morgan fingerprint density at radius 3 is 2.62 bits per heavy atom. The summed E-state index contributed by atoms with van der Waals surface area (Å²) >= 11 is 0. The van der Waals surface area contributed by atoms with E-state index >= 15 is 0 Å². The van der Waals surface area contributed by atoms with Gasteiger partial charge in [-0.2, -0.15) is 13.2 Å². The van der Waals surface area contributed by atoms with Crippen molar-refractivity contribution >= 4 is 35.8 Å². The maximum atomic E-state index is 12.4. The first kappa shape index (κ1) is 25.2. The van der Waals surface area contributed by atoms with Crippen molar-refractivity contribution in [3.8, 4) is 0 Å². The van der Waals surface area contributed by atoms with Gasteiger partial charge < -0.3 is 16.0 Å². The van der Waals surface area contributed by atoms with Crippen molar-refractivity contribution in [3.63, 3.8) is 0 Å². The Kier molecular flexibility index (Phi) is 12.2. The fourth-order valence-corrected chi connectivity index (χ4v) is 2.58. The second kappa shape index (κ2) is 12.6. The molecule has 2 atom stereocenters. The number of hydrogen-bond donors (Lipinski definition) is 3. The Morgan fingerprint density at radius 1 is 1.35 bits per heavy atom. The highest BCUT2D eigenvalue weighted by atomic mass is 127. The van der Waals surface area contributed by atoms with Crippen molar-refractivity contribution in [2.75, 3.05) is 32.7 Å². The van der Waals surface area contributed by atoms with Crippen molar-refractivity contribution in [2.24, 2.45) is 4.99 Å². The number of halogens is 4. The fraction of sp³-hybridized carbons (Fsp3) is 0.875. The number of rotatable bonds is 8. The van der Waals surface area contributed by atoms with Gasteiger partial charge in [-0.1, -0.05) is 6.92 Å². The molecule has 0 aliphatic carbocycles. The second-order valence-electron chi connectivity index (χ2n) is 6.37. The highest BCUT2D eigenvalue weighted by molar-refractivity contribution is 14.0. The molecule has 0 aromatic heterocycles. The summed E-state index contributed by atoms with van der Waals surface area (Å²) in [6, 6.07) is 0.0648. The van der Waals surface area contributed by atoms with Gasteiger partial charge in [0.2, 0.25) is 5.91 Å². The summed E-state index contributed by atoms with van der Waals surface area (Å²) < 4.78 is 37.3. The van der Waals surface area contributed by atoms with Crippen LogP contribution in [0.15, 0.2) is 4.99 Å². The summed E-state index contributed by atoms with van der Waals surface area (Å²) in [5.74, 6) is 0.490. The van der Waals surface area contributed by atoms with E-state index in [1.807, 2.05) is 20.8 Å². The molecule has 1 aliphatic rings. The van der Waals surface area contributed by atoms with Crippen LogP contribution in [-0.4, -0.2) is 67.8 Å². The predicted octanol–water partition coefficient (Wildman–Crippen LogP) is 2.10. The lowest BCUT2D eigenvalue weighted by Gasteiger charge is -2.19. The third-order valence-electron chi connectivity index (χ3n) is 3.99. The summed E-state index contributed by atoms with van der Waals surface area (Å²) in [6.45, 7) is 6.69. The van der Waals surface area contributed by atoms with E-state index in [9.17, 15) is 18.0 Å². The fourth-order valence-electron chi connectivity index (χ4n) is 2.58. The van der Waals surface area contributed by atoms with Gasteiger partial charge in [0.15, 0.2) is 5.96 Å². The van der Waals surface area contributed by atoms with Gasteiger partial charge in [0.05, 0.1) is 13.1 Å². The minimum absolute atomic E-state index is 0. The van der Waals surface area contributed by atoms with Gasteiger partial charge in [0.25, 0.3) is 0 Å². The van der Waals surface area contributed by atoms with Crippen LogP contribution in [0.5, 0.6) is 0 Å². The van der Waals surface area contributed by atoms with Crippen LogP contribution in [0, 0.1) is 0 Å². The molecule has 1 heterocycles. The smallest absolute Gasteiger partial charge is 0.357 e. The monoisotopic (exact) mass is 493 g/mol. The molecule has 26 heavy (non-hydrogen) atoms. The summed E-state index contributed by atoms with van der Waals surface area (Å²) in [5.41, 5.74) is 0. The Morgan fingerprint density at radius 2 is 2.04 bits per heavy atom. The molecule has 0 aromatic rings. The number of carbonyl (C=O) groups excluding carboxylic acids is 1. The van der Waals surface area contributed by atoms with Crippen LogP contribution < -0.4 is 16.0 Å². The van der Waals surface area contributed by atoms with Gasteiger partial charge >= 0.3 is 6.18 Å². The number of hydrogen-bond acceptors (Lipinski definition) is 3. The van der Waals surface area contributed by atoms with E-state index in [-0.39, 0.29) is 48.4 Å². The lowest BCUT2D eigenvalue weighted by atomic mass is 10.2. The molecule has 0 aromatic carbocycles. The van der Waals surface area contributed by atoms with Gasteiger partial charge in [0.1, 0.15) is 0 Å². The minimum Gasteiger partial charge on any atom is -0.357 e. The second-order valence-corrected chi connectivity index (χ2v) is 6.37. The molecule has 1 amide bonds. The normalized spacial score (nSPS) is 19.6. The van der Waals surface area contributed by atoms with Crippen molar-refractivity contribution < 1.29 is 18.0 Å². The Bertz CT molecular complexity index is 448. The lowest BCUT2D eigenvalue weighted by molar-refractivity contribution is -0.143. The third-order valence-corrected chi connectivity index (χ3v) is 3.99. The largest absolute Gasteiger partial charge is 0.401 e. The highest BCUT2D eigenvalue weighted by Crippen LogP contribution is 2.19. The van der Waals surface area contributed by atoms with E-state index in [1.54, 1.807) is 0 Å². The van der Waals surface area contributed by atoms with Gasteiger partial charge in [-0.3, -0.25) is 14.7 Å². The van der Waals surface area contributed by atoms with Gasteiger partial charge in [-0.15, -0.1) is 24.0 Å². The van der Waals surface area contributed by atoms with Gasteiger partial charge in [-0.25, -0.2) is 0 Å². The van der Waals surface area contributed by atoms with Crippen LogP contribution in [0.1, 0.15) is 40.0 Å². The molecule has 1 aliphatic heterocycles. The molecule has 0 saturated carbocycles. The topological polar surface area (TPSA) is 68.8 Å². The van der Waals surface area contributed by atoms with Gasteiger partial charge in [-0.05, 0) is 26.7 Å².